The Morgan fingerprint density at radius 3 is 2.43 bits per heavy atom. The Labute approximate surface area is 176 Å². The van der Waals surface area contributed by atoms with Crippen molar-refractivity contribution in [2.75, 3.05) is 13.7 Å². The SMILES string of the molecule is CCOc1ccc(C(=O)NNC(=O)c2sc(-c3ccc(F)cc3)nc2C)cc1OC. The van der Waals surface area contributed by atoms with Crippen molar-refractivity contribution < 1.29 is 23.5 Å². The zero-order valence-corrected chi connectivity index (χ0v) is 17.4. The third-order valence-electron chi connectivity index (χ3n) is 4.11. The normalized spacial score (nSPS) is 10.4. The van der Waals surface area contributed by atoms with Crippen LogP contribution in [0.3, 0.4) is 0 Å². The quantitative estimate of drug-likeness (QED) is 0.583. The molecule has 3 rings (SSSR count). The van der Waals surface area contributed by atoms with Crippen molar-refractivity contribution in [3.8, 4) is 22.1 Å². The Balaban J connectivity index is 1.68. The highest BCUT2D eigenvalue weighted by Crippen LogP contribution is 2.29. The molecule has 0 spiro atoms. The van der Waals surface area contributed by atoms with Crippen LogP contribution in [-0.2, 0) is 0 Å². The van der Waals surface area contributed by atoms with Crippen molar-refractivity contribution in [2.45, 2.75) is 13.8 Å². The van der Waals surface area contributed by atoms with Gasteiger partial charge in [-0.15, -0.1) is 11.3 Å². The molecule has 0 radical (unpaired) electrons. The number of nitrogens with zero attached hydrogens (tertiary/aromatic N) is 1. The van der Waals surface area contributed by atoms with Crippen LogP contribution in [0.1, 0.15) is 32.6 Å². The Hall–Kier alpha value is -3.46. The standard InChI is InChI=1S/C21H20FN3O4S/c1-4-29-16-10-7-14(11-17(16)28-3)19(26)24-25-20(27)18-12(2)23-21(30-18)13-5-8-15(22)9-6-13/h5-11H,4H2,1-3H3,(H,24,26)(H,25,27). The summed E-state index contributed by atoms with van der Waals surface area (Å²) in [6.45, 7) is 4.00. The number of halogens is 1. The second-order valence-corrected chi connectivity index (χ2v) is 7.15. The predicted octanol–water partition coefficient (Wildman–Crippen LogP) is 3.74. The van der Waals surface area contributed by atoms with E-state index in [-0.39, 0.29) is 5.82 Å². The minimum absolute atomic E-state index is 0.295. The lowest BCUT2D eigenvalue weighted by Gasteiger charge is -2.11. The Kier molecular flexibility index (Phi) is 6.63. The van der Waals surface area contributed by atoms with Gasteiger partial charge < -0.3 is 9.47 Å². The first kappa shape index (κ1) is 21.3. The molecule has 0 saturated carbocycles. The summed E-state index contributed by atoms with van der Waals surface area (Å²) in [7, 11) is 1.48. The van der Waals surface area contributed by atoms with E-state index >= 15 is 0 Å². The lowest BCUT2D eigenvalue weighted by Crippen LogP contribution is -2.41. The smallest absolute Gasteiger partial charge is 0.281 e. The Morgan fingerprint density at radius 2 is 1.77 bits per heavy atom. The lowest BCUT2D eigenvalue weighted by atomic mass is 10.2. The summed E-state index contributed by atoms with van der Waals surface area (Å²) in [4.78, 5) is 29.6. The number of hydrogen-bond acceptors (Lipinski definition) is 6. The van der Waals surface area contributed by atoms with Crippen LogP contribution in [-0.4, -0.2) is 30.5 Å². The van der Waals surface area contributed by atoms with Gasteiger partial charge in [-0.2, -0.15) is 0 Å². The van der Waals surface area contributed by atoms with Crippen LogP contribution < -0.4 is 20.3 Å². The molecular weight excluding hydrogens is 409 g/mol. The molecule has 7 nitrogen and oxygen atoms in total. The van der Waals surface area contributed by atoms with Gasteiger partial charge in [0.2, 0.25) is 0 Å². The molecule has 0 saturated heterocycles. The van der Waals surface area contributed by atoms with Gasteiger partial charge in [-0.25, -0.2) is 9.37 Å². The van der Waals surface area contributed by atoms with Gasteiger partial charge in [0.25, 0.3) is 11.8 Å². The molecule has 2 aromatic carbocycles. The number of ether oxygens (including phenoxy) is 2. The van der Waals surface area contributed by atoms with Crippen LogP contribution in [0, 0.1) is 12.7 Å². The van der Waals surface area contributed by atoms with E-state index < -0.39 is 11.8 Å². The van der Waals surface area contributed by atoms with E-state index in [0.29, 0.717) is 44.8 Å². The second kappa shape index (κ2) is 9.36. The number of carbonyl (C=O) groups is 2. The molecule has 156 valence electrons. The van der Waals surface area contributed by atoms with Crippen molar-refractivity contribution in [1.29, 1.82) is 0 Å². The van der Waals surface area contributed by atoms with Gasteiger partial charge in [-0.3, -0.25) is 20.4 Å². The van der Waals surface area contributed by atoms with E-state index in [0.717, 1.165) is 11.3 Å². The molecule has 3 aromatic rings. The highest BCUT2D eigenvalue weighted by molar-refractivity contribution is 7.17. The fraction of sp³-hybridized carbons (Fsp3) is 0.190. The number of hydrogen-bond donors (Lipinski definition) is 2. The number of nitrogens with one attached hydrogen (secondary N) is 2. The third kappa shape index (κ3) is 4.74. The topological polar surface area (TPSA) is 89.6 Å². The number of methoxy groups -OCH3 is 1. The van der Waals surface area contributed by atoms with Crippen molar-refractivity contribution in [3.05, 3.63) is 64.4 Å². The first-order chi connectivity index (χ1) is 14.4. The highest BCUT2D eigenvalue weighted by atomic mass is 32.1. The second-order valence-electron chi connectivity index (χ2n) is 6.15. The first-order valence-electron chi connectivity index (χ1n) is 9.07. The maximum atomic E-state index is 13.1. The van der Waals surface area contributed by atoms with Crippen LogP contribution >= 0.6 is 11.3 Å². The van der Waals surface area contributed by atoms with Gasteiger partial charge in [-0.05, 0) is 56.3 Å². The molecule has 0 aliphatic rings. The van der Waals surface area contributed by atoms with E-state index in [1.54, 1.807) is 31.2 Å². The van der Waals surface area contributed by atoms with Crippen molar-refractivity contribution in [3.63, 3.8) is 0 Å². The van der Waals surface area contributed by atoms with Gasteiger partial charge in [-0.1, -0.05) is 0 Å². The Morgan fingerprint density at radius 1 is 1.07 bits per heavy atom. The van der Waals surface area contributed by atoms with E-state index in [4.69, 9.17) is 9.47 Å². The highest BCUT2D eigenvalue weighted by Gasteiger charge is 2.18. The fourth-order valence-electron chi connectivity index (χ4n) is 2.65. The van der Waals surface area contributed by atoms with Gasteiger partial charge in [0, 0.05) is 11.1 Å². The molecule has 1 heterocycles. The summed E-state index contributed by atoms with van der Waals surface area (Å²) in [5.41, 5.74) is 6.27. The first-order valence-corrected chi connectivity index (χ1v) is 9.89. The largest absolute Gasteiger partial charge is 0.493 e. The number of aromatic nitrogens is 1. The van der Waals surface area contributed by atoms with E-state index in [2.05, 4.69) is 15.8 Å². The number of thiazole rings is 1. The zero-order chi connectivity index (χ0) is 21.7. The number of aryl methyl sites for hydroxylation is 1. The lowest BCUT2D eigenvalue weighted by molar-refractivity contribution is 0.0848. The summed E-state index contributed by atoms with van der Waals surface area (Å²) in [6.07, 6.45) is 0. The van der Waals surface area contributed by atoms with Crippen LogP contribution in [0.25, 0.3) is 10.6 Å². The van der Waals surface area contributed by atoms with E-state index in [9.17, 15) is 14.0 Å². The molecule has 9 heteroatoms. The van der Waals surface area contributed by atoms with Crippen LogP contribution in [0.5, 0.6) is 11.5 Å². The Bertz CT molecular complexity index is 1070. The summed E-state index contributed by atoms with van der Waals surface area (Å²) >= 11 is 1.15. The van der Waals surface area contributed by atoms with Crippen molar-refractivity contribution >= 4 is 23.2 Å². The fourth-order valence-corrected chi connectivity index (χ4v) is 3.62. The van der Waals surface area contributed by atoms with Gasteiger partial charge in [0.15, 0.2) is 11.5 Å². The molecule has 0 unspecified atom stereocenters. The number of rotatable bonds is 6. The third-order valence-corrected chi connectivity index (χ3v) is 5.31. The molecule has 0 bridgehead atoms. The summed E-state index contributed by atoms with van der Waals surface area (Å²) < 4.78 is 23.8. The molecule has 2 N–H and O–H groups in total. The summed E-state index contributed by atoms with van der Waals surface area (Å²) in [5.74, 6) is -0.416. The predicted molar refractivity (Wildman–Crippen MR) is 111 cm³/mol. The maximum absolute atomic E-state index is 13.1. The zero-order valence-electron chi connectivity index (χ0n) is 16.6. The molecule has 1 aromatic heterocycles. The van der Waals surface area contributed by atoms with E-state index in [1.807, 2.05) is 6.92 Å². The van der Waals surface area contributed by atoms with Gasteiger partial charge in [0.1, 0.15) is 15.7 Å². The molecule has 30 heavy (non-hydrogen) atoms. The van der Waals surface area contributed by atoms with Gasteiger partial charge >= 0.3 is 0 Å². The summed E-state index contributed by atoms with van der Waals surface area (Å²) in [5, 5.41) is 0.584. The number of benzene rings is 2. The van der Waals surface area contributed by atoms with Crippen molar-refractivity contribution in [2.24, 2.45) is 0 Å². The van der Waals surface area contributed by atoms with E-state index in [1.165, 1.54) is 25.3 Å². The summed E-state index contributed by atoms with van der Waals surface area (Å²) in [6, 6.07) is 10.6. The van der Waals surface area contributed by atoms with Crippen LogP contribution in [0.15, 0.2) is 42.5 Å². The molecule has 2 amide bonds. The van der Waals surface area contributed by atoms with Gasteiger partial charge in [0.05, 0.1) is 19.4 Å². The molecule has 0 aliphatic heterocycles. The number of hydrazine groups is 1. The number of amides is 2. The average Bonchev–Trinajstić information content (AvgIpc) is 3.14. The van der Waals surface area contributed by atoms with Crippen molar-refractivity contribution in [1.82, 2.24) is 15.8 Å². The monoisotopic (exact) mass is 429 g/mol. The maximum Gasteiger partial charge on any atom is 0.281 e. The molecule has 0 aliphatic carbocycles. The van der Waals surface area contributed by atoms with Crippen LogP contribution in [0.4, 0.5) is 4.39 Å². The average molecular weight is 429 g/mol. The van der Waals surface area contributed by atoms with Crippen LogP contribution in [0.2, 0.25) is 0 Å². The molecule has 0 atom stereocenters. The molecular formula is C21H20FN3O4S. The number of carbonyl (C=O) groups excluding carboxylic acids is 2. The minimum atomic E-state index is -0.509. The minimum Gasteiger partial charge on any atom is -0.493 e. The molecule has 0 fully saturated rings.